The third kappa shape index (κ3) is 5.50. The van der Waals surface area contributed by atoms with E-state index in [0.29, 0.717) is 17.5 Å². The van der Waals surface area contributed by atoms with Gasteiger partial charge in [0.1, 0.15) is 11.5 Å². The molecule has 9 aromatic carbocycles. The maximum atomic E-state index is 6.62. The van der Waals surface area contributed by atoms with E-state index in [4.69, 9.17) is 19.7 Å². The molecule has 0 amide bonds. The van der Waals surface area contributed by atoms with E-state index in [-0.39, 0.29) is 0 Å². The molecule has 3 heterocycles. The van der Waals surface area contributed by atoms with E-state index in [9.17, 15) is 0 Å². The number of thiophene rings is 1. The molecule has 0 saturated heterocycles. The van der Waals surface area contributed by atoms with E-state index in [1.165, 1.54) is 48.0 Å². The van der Waals surface area contributed by atoms with Gasteiger partial charge < -0.3 is 4.74 Å². The lowest BCUT2D eigenvalue weighted by Crippen LogP contribution is -2.32. The summed E-state index contributed by atoms with van der Waals surface area (Å²) in [6.45, 7) is 0. The minimum Gasteiger partial charge on any atom is -0.457 e. The maximum absolute atomic E-state index is 6.62. The summed E-state index contributed by atoms with van der Waals surface area (Å²) >= 11 is 1.84. The second kappa shape index (κ2) is 14.0. The topological polar surface area (TPSA) is 47.9 Å². The predicted octanol–water partition coefficient (Wildman–Crippen LogP) is 15.0. The van der Waals surface area contributed by atoms with E-state index in [1.54, 1.807) is 0 Å². The van der Waals surface area contributed by atoms with Gasteiger partial charge >= 0.3 is 0 Å². The lowest BCUT2D eigenvalue weighted by molar-refractivity contribution is 0.436. The summed E-state index contributed by atoms with van der Waals surface area (Å²) in [6, 6.07) is 75.4. The highest BCUT2D eigenvalue weighted by atomic mass is 32.1. The Kier molecular flexibility index (Phi) is 7.96. The third-order valence-electron chi connectivity index (χ3n) is 12.8. The van der Waals surface area contributed by atoms with Gasteiger partial charge in [0.05, 0.1) is 5.41 Å². The van der Waals surface area contributed by atoms with Crippen molar-refractivity contribution in [3.8, 4) is 79.0 Å². The molecule has 294 valence electrons. The monoisotopic (exact) mass is 821 g/mol. The molecule has 0 N–H and O–H groups in total. The number of para-hydroxylation sites is 2. The number of hydrogen-bond acceptors (Lipinski definition) is 5. The van der Waals surface area contributed by atoms with E-state index in [0.717, 1.165) is 56.0 Å². The van der Waals surface area contributed by atoms with Gasteiger partial charge in [-0.3, -0.25) is 0 Å². The average Bonchev–Trinajstić information content (AvgIpc) is 3.88. The molecule has 1 spiro atoms. The van der Waals surface area contributed by atoms with E-state index >= 15 is 0 Å². The molecule has 0 saturated carbocycles. The average molecular weight is 822 g/mol. The maximum Gasteiger partial charge on any atom is 0.164 e. The van der Waals surface area contributed by atoms with Crippen molar-refractivity contribution in [1.82, 2.24) is 15.0 Å². The fraction of sp³-hybridized carbons (Fsp3) is 0.0172. The van der Waals surface area contributed by atoms with Gasteiger partial charge in [-0.05, 0) is 74.8 Å². The first-order valence-electron chi connectivity index (χ1n) is 21.3. The molecule has 2 aromatic heterocycles. The van der Waals surface area contributed by atoms with Gasteiger partial charge in [0.25, 0.3) is 0 Å². The lowest BCUT2D eigenvalue weighted by Gasteiger charge is -2.39. The highest BCUT2D eigenvalue weighted by molar-refractivity contribution is 7.26. The van der Waals surface area contributed by atoms with Gasteiger partial charge in [0, 0.05) is 48.0 Å². The van der Waals surface area contributed by atoms with Crippen LogP contribution in [0, 0.1) is 0 Å². The van der Waals surface area contributed by atoms with Crippen LogP contribution in [0.5, 0.6) is 11.5 Å². The molecule has 5 heteroatoms. The largest absolute Gasteiger partial charge is 0.457 e. The molecule has 0 fully saturated rings. The van der Waals surface area contributed by atoms with Crippen molar-refractivity contribution in [2.75, 3.05) is 0 Å². The second-order valence-electron chi connectivity index (χ2n) is 16.3. The number of aromatic nitrogens is 3. The molecular formula is C58H35N3OS. The molecule has 13 rings (SSSR count). The Labute approximate surface area is 368 Å². The van der Waals surface area contributed by atoms with Gasteiger partial charge in [-0.2, -0.15) is 0 Å². The van der Waals surface area contributed by atoms with Gasteiger partial charge in [0.15, 0.2) is 17.5 Å². The molecule has 0 atom stereocenters. The Morgan fingerprint density at radius 2 is 0.841 bits per heavy atom. The van der Waals surface area contributed by atoms with Crippen LogP contribution in [0.15, 0.2) is 212 Å². The Balaban J connectivity index is 1.01. The minimum absolute atomic E-state index is 0.610. The summed E-state index contributed by atoms with van der Waals surface area (Å²) in [5, 5.41) is 2.56. The van der Waals surface area contributed by atoms with Crippen LogP contribution in [0.1, 0.15) is 22.3 Å². The van der Waals surface area contributed by atoms with Gasteiger partial charge in [-0.1, -0.05) is 182 Å². The zero-order valence-corrected chi connectivity index (χ0v) is 34.7. The van der Waals surface area contributed by atoms with Crippen molar-refractivity contribution in [3.05, 3.63) is 235 Å². The third-order valence-corrected chi connectivity index (χ3v) is 14.0. The van der Waals surface area contributed by atoms with Crippen LogP contribution in [0.25, 0.3) is 87.7 Å². The van der Waals surface area contributed by atoms with Gasteiger partial charge in [0.2, 0.25) is 0 Å². The zero-order valence-electron chi connectivity index (χ0n) is 33.9. The summed E-state index contributed by atoms with van der Waals surface area (Å²) < 4.78 is 9.18. The van der Waals surface area contributed by atoms with Crippen LogP contribution in [-0.2, 0) is 5.41 Å². The molecule has 0 bridgehead atoms. The highest BCUT2D eigenvalue weighted by Gasteiger charge is 2.51. The lowest BCUT2D eigenvalue weighted by atomic mass is 9.66. The molecule has 2 aliphatic rings. The van der Waals surface area contributed by atoms with Crippen molar-refractivity contribution >= 4 is 31.5 Å². The minimum atomic E-state index is -0.610. The van der Waals surface area contributed by atoms with Crippen molar-refractivity contribution in [3.63, 3.8) is 0 Å². The molecule has 1 aliphatic heterocycles. The molecule has 0 unspecified atom stereocenters. The summed E-state index contributed by atoms with van der Waals surface area (Å²) in [5.74, 6) is 3.57. The zero-order chi connectivity index (χ0) is 41.5. The second-order valence-corrected chi connectivity index (χ2v) is 17.3. The van der Waals surface area contributed by atoms with Crippen LogP contribution in [-0.4, -0.2) is 15.0 Å². The van der Waals surface area contributed by atoms with Crippen LogP contribution in [0.4, 0.5) is 0 Å². The Morgan fingerprint density at radius 3 is 1.62 bits per heavy atom. The van der Waals surface area contributed by atoms with Crippen LogP contribution in [0.3, 0.4) is 0 Å². The first-order chi connectivity index (χ1) is 31.2. The first-order valence-corrected chi connectivity index (χ1v) is 22.1. The normalized spacial score (nSPS) is 13.0. The SMILES string of the molecule is c1ccc(-c2ccc(-c3nc(-c4cccc(-c5cccc6c5sc5ccccc56)c4)nc(-c4ccc5c(c4)C4(c6ccccc6Oc6ccccc64)c4ccccc4-5)n3)cc2)cc1. The summed E-state index contributed by atoms with van der Waals surface area (Å²) in [4.78, 5) is 15.9. The predicted molar refractivity (Wildman–Crippen MR) is 257 cm³/mol. The summed E-state index contributed by atoms with van der Waals surface area (Å²) in [6.07, 6.45) is 0. The number of rotatable bonds is 5. The van der Waals surface area contributed by atoms with Gasteiger partial charge in [-0.15, -0.1) is 11.3 Å². The van der Waals surface area contributed by atoms with Gasteiger partial charge in [-0.25, -0.2) is 15.0 Å². The fourth-order valence-electron chi connectivity index (χ4n) is 10.00. The van der Waals surface area contributed by atoms with E-state index < -0.39 is 5.41 Å². The smallest absolute Gasteiger partial charge is 0.164 e. The van der Waals surface area contributed by atoms with Crippen molar-refractivity contribution in [1.29, 1.82) is 0 Å². The first kappa shape index (κ1) is 35.7. The molecule has 11 aromatic rings. The number of fused-ring (bicyclic) bond motifs is 12. The standard InChI is InChI=1S/C58H35N3OS/c1-2-14-36(15-3-1)37-28-30-38(31-29-37)55-59-56(40-17-12-16-39(34-40)42-20-13-21-46-45-19-5-11-27-53(45)63-54(42)46)61-57(60-55)41-32-33-44-43-18-4-6-22-47(43)58(50(44)35-41)48-23-7-9-25-51(48)62-52-26-10-8-24-49(52)58/h1-35H. The molecule has 1 aliphatic carbocycles. The highest BCUT2D eigenvalue weighted by Crippen LogP contribution is 2.62. The van der Waals surface area contributed by atoms with Crippen molar-refractivity contribution in [2.24, 2.45) is 0 Å². The number of nitrogens with zero attached hydrogens (tertiary/aromatic N) is 3. The van der Waals surface area contributed by atoms with E-state index in [1.807, 2.05) is 17.4 Å². The number of hydrogen-bond donors (Lipinski definition) is 0. The Bertz CT molecular complexity index is 3570. The summed E-state index contributed by atoms with van der Waals surface area (Å²) in [5.41, 5.74) is 13.8. The van der Waals surface area contributed by atoms with E-state index in [2.05, 4.69) is 206 Å². The molecule has 0 radical (unpaired) electrons. The Morgan fingerprint density at radius 1 is 0.333 bits per heavy atom. The molecule has 4 nitrogen and oxygen atoms in total. The van der Waals surface area contributed by atoms with Crippen LogP contribution >= 0.6 is 11.3 Å². The molecular weight excluding hydrogens is 787 g/mol. The van der Waals surface area contributed by atoms with Crippen molar-refractivity contribution in [2.45, 2.75) is 5.41 Å². The summed E-state index contributed by atoms with van der Waals surface area (Å²) in [7, 11) is 0. The fourth-order valence-corrected chi connectivity index (χ4v) is 11.2. The quantitative estimate of drug-likeness (QED) is 0.173. The Hall–Kier alpha value is -7.99. The number of benzene rings is 9. The molecule has 63 heavy (non-hydrogen) atoms. The van der Waals surface area contributed by atoms with Crippen LogP contribution in [0.2, 0.25) is 0 Å². The number of ether oxygens (including phenoxy) is 1. The van der Waals surface area contributed by atoms with Crippen molar-refractivity contribution < 1.29 is 4.74 Å². The van der Waals surface area contributed by atoms with Crippen LogP contribution < -0.4 is 4.74 Å².